The van der Waals surface area contributed by atoms with E-state index in [0.29, 0.717) is 0 Å². The molecule has 16 heavy (non-hydrogen) atoms. The van der Waals surface area contributed by atoms with E-state index in [1.165, 1.54) is 5.56 Å². The second-order valence-electron chi connectivity index (χ2n) is 3.53. The normalized spacial score (nSPS) is 12.8. The van der Waals surface area contributed by atoms with Gasteiger partial charge >= 0.3 is 0 Å². The first-order valence-corrected chi connectivity index (χ1v) is 7.57. The lowest BCUT2D eigenvalue weighted by Crippen LogP contribution is -1.92. The van der Waals surface area contributed by atoms with Crippen molar-refractivity contribution in [2.24, 2.45) is 0 Å². The molecule has 4 heteroatoms. The molecule has 2 aromatic rings. The van der Waals surface area contributed by atoms with Gasteiger partial charge in [-0.2, -0.15) is 0 Å². The van der Waals surface area contributed by atoms with Crippen molar-refractivity contribution in [1.82, 2.24) is 0 Å². The summed E-state index contributed by atoms with van der Waals surface area (Å²) in [6, 6.07) is 10.3. The number of thiophene rings is 1. The monoisotopic (exact) mass is 378 g/mol. The molecule has 0 saturated carbocycles. The van der Waals surface area contributed by atoms with E-state index in [-0.39, 0.29) is 5.38 Å². The fraction of sp³-hybridized carbons (Fsp3) is 0.167. The first-order valence-electron chi connectivity index (χ1n) is 4.73. The minimum atomic E-state index is -0.0914. The molecule has 0 aliphatic carbocycles. The van der Waals surface area contributed by atoms with Crippen LogP contribution in [0, 0.1) is 6.92 Å². The Hall–Kier alpha value is 0.170. The van der Waals surface area contributed by atoms with Gasteiger partial charge in [0.2, 0.25) is 0 Å². The van der Waals surface area contributed by atoms with Crippen LogP contribution in [0.25, 0.3) is 0 Å². The Morgan fingerprint density at radius 3 is 2.50 bits per heavy atom. The van der Waals surface area contributed by atoms with Crippen molar-refractivity contribution in [2.75, 3.05) is 0 Å². The van der Waals surface area contributed by atoms with Crippen LogP contribution in [0.2, 0.25) is 0 Å². The lowest BCUT2D eigenvalue weighted by atomic mass is 10.1. The number of halogens is 3. The molecule has 0 spiro atoms. The van der Waals surface area contributed by atoms with Crippen molar-refractivity contribution in [3.05, 3.63) is 54.6 Å². The van der Waals surface area contributed by atoms with E-state index in [1.54, 1.807) is 11.3 Å². The number of rotatable bonds is 2. The molecule has 1 heterocycles. The second kappa shape index (κ2) is 5.21. The van der Waals surface area contributed by atoms with Gasteiger partial charge < -0.3 is 0 Å². The summed E-state index contributed by atoms with van der Waals surface area (Å²) in [7, 11) is 0. The first-order chi connectivity index (χ1) is 7.58. The molecule has 0 saturated heterocycles. The number of benzene rings is 1. The fourth-order valence-electron chi connectivity index (χ4n) is 1.46. The fourth-order valence-corrected chi connectivity index (χ4v) is 4.13. The predicted molar refractivity (Wildman–Crippen MR) is 78.6 cm³/mol. The van der Waals surface area contributed by atoms with Crippen molar-refractivity contribution in [3.8, 4) is 0 Å². The highest BCUT2D eigenvalue weighted by Crippen LogP contribution is 2.38. The molecule has 0 N–H and O–H groups in total. The van der Waals surface area contributed by atoms with E-state index in [1.807, 2.05) is 6.07 Å². The molecule has 0 radical (unpaired) electrons. The summed E-state index contributed by atoms with van der Waals surface area (Å²) in [6.07, 6.45) is 0. The molecule has 1 aromatic carbocycles. The van der Waals surface area contributed by atoms with Crippen LogP contribution >= 0.6 is 54.8 Å². The maximum absolute atomic E-state index is 6.46. The zero-order valence-corrected chi connectivity index (χ0v) is 13.3. The highest BCUT2D eigenvalue weighted by molar-refractivity contribution is 9.11. The van der Waals surface area contributed by atoms with E-state index < -0.39 is 0 Å². The standard InChI is InChI=1S/C12H9Br2ClS/c1-7-2-3-8(9(13)6-7)12(15)10-4-5-11(14)16-10/h2-6,12H,1H3. The van der Waals surface area contributed by atoms with Gasteiger partial charge in [-0.05, 0) is 52.2 Å². The van der Waals surface area contributed by atoms with Crippen LogP contribution in [0.3, 0.4) is 0 Å². The van der Waals surface area contributed by atoms with Gasteiger partial charge in [0.05, 0.1) is 9.16 Å². The highest BCUT2D eigenvalue weighted by atomic mass is 79.9. The van der Waals surface area contributed by atoms with Gasteiger partial charge in [-0.15, -0.1) is 22.9 Å². The Kier molecular flexibility index (Phi) is 4.11. The number of aryl methyl sites for hydroxylation is 1. The Morgan fingerprint density at radius 2 is 1.94 bits per heavy atom. The van der Waals surface area contributed by atoms with Gasteiger partial charge in [0.1, 0.15) is 0 Å². The number of hydrogen-bond acceptors (Lipinski definition) is 1. The summed E-state index contributed by atoms with van der Waals surface area (Å²) in [6.45, 7) is 2.07. The largest absolute Gasteiger partial charge is 0.131 e. The third-order valence-electron chi connectivity index (χ3n) is 2.27. The SMILES string of the molecule is Cc1ccc(C(Cl)c2ccc(Br)s2)c(Br)c1. The van der Waals surface area contributed by atoms with Gasteiger partial charge in [-0.1, -0.05) is 28.1 Å². The van der Waals surface area contributed by atoms with Crippen molar-refractivity contribution in [1.29, 1.82) is 0 Å². The summed E-state index contributed by atoms with van der Waals surface area (Å²) in [5, 5.41) is -0.0914. The maximum Gasteiger partial charge on any atom is 0.0939 e. The molecule has 0 bridgehead atoms. The highest BCUT2D eigenvalue weighted by Gasteiger charge is 2.15. The van der Waals surface area contributed by atoms with Crippen LogP contribution in [-0.4, -0.2) is 0 Å². The van der Waals surface area contributed by atoms with Crippen LogP contribution in [0.1, 0.15) is 21.4 Å². The molecule has 0 amide bonds. The Balaban J connectivity index is 2.37. The van der Waals surface area contributed by atoms with Gasteiger partial charge in [0.25, 0.3) is 0 Å². The topological polar surface area (TPSA) is 0 Å². The van der Waals surface area contributed by atoms with Crippen LogP contribution in [0.5, 0.6) is 0 Å². The molecule has 2 rings (SSSR count). The average molecular weight is 381 g/mol. The van der Waals surface area contributed by atoms with E-state index in [2.05, 4.69) is 63.0 Å². The number of hydrogen-bond donors (Lipinski definition) is 0. The van der Waals surface area contributed by atoms with Crippen molar-refractivity contribution >= 4 is 54.8 Å². The first kappa shape index (κ1) is 12.6. The number of alkyl halides is 1. The minimum Gasteiger partial charge on any atom is -0.131 e. The molecule has 84 valence electrons. The Morgan fingerprint density at radius 1 is 1.19 bits per heavy atom. The summed E-state index contributed by atoms with van der Waals surface area (Å²) < 4.78 is 2.17. The van der Waals surface area contributed by atoms with Gasteiger partial charge in [-0.25, -0.2) is 0 Å². The van der Waals surface area contributed by atoms with Gasteiger partial charge in [-0.3, -0.25) is 0 Å². The third kappa shape index (κ3) is 2.70. The van der Waals surface area contributed by atoms with Crippen molar-refractivity contribution in [3.63, 3.8) is 0 Å². The van der Waals surface area contributed by atoms with Crippen LogP contribution in [0.4, 0.5) is 0 Å². The van der Waals surface area contributed by atoms with Crippen LogP contribution in [-0.2, 0) is 0 Å². The van der Waals surface area contributed by atoms with E-state index in [9.17, 15) is 0 Å². The molecule has 1 unspecified atom stereocenters. The van der Waals surface area contributed by atoms with E-state index >= 15 is 0 Å². The second-order valence-corrected chi connectivity index (χ2v) is 7.31. The van der Waals surface area contributed by atoms with E-state index in [0.717, 1.165) is 18.7 Å². The Bertz CT molecular complexity index is 507. The van der Waals surface area contributed by atoms with Crippen LogP contribution < -0.4 is 0 Å². The van der Waals surface area contributed by atoms with Gasteiger partial charge in [0.15, 0.2) is 0 Å². The van der Waals surface area contributed by atoms with Gasteiger partial charge in [0, 0.05) is 9.35 Å². The summed E-state index contributed by atoms with van der Waals surface area (Å²) >= 11 is 15.1. The minimum absolute atomic E-state index is 0.0914. The van der Waals surface area contributed by atoms with Crippen LogP contribution in [0.15, 0.2) is 38.6 Å². The summed E-state index contributed by atoms with van der Waals surface area (Å²) in [4.78, 5) is 1.15. The Labute approximate surface area is 121 Å². The zero-order chi connectivity index (χ0) is 11.7. The quantitative estimate of drug-likeness (QED) is 0.568. The molecule has 0 aliphatic heterocycles. The molecule has 0 fully saturated rings. The average Bonchev–Trinajstić information content (AvgIpc) is 2.64. The maximum atomic E-state index is 6.46. The lowest BCUT2D eigenvalue weighted by molar-refractivity contribution is 1.16. The molecule has 0 nitrogen and oxygen atoms in total. The summed E-state index contributed by atoms with van der Waals surface area (Å²) in [5.41, 5.74) is 2.34. The summed E-state index contributed by atoms with van der Waals surface area (Å²) in [5.74, 6) is 0. The lowest BCUT2D eigenvalue weighted by Gasteiger charge is -2.10. The predicted octanol–water partition coefficient (Wildman–Crippen LogP) is 5.91. The molecular formula is C12H9Br2ClS. The molecular weight excluding hydrogens is 371 g/mol. The zero-order valence-electron chi connectivity index (χ0n) is 8.51. The third-order valence-corrected chi connectivity index (χ3v) is 5.25. The molecule has 1 atom stereocenters. The van der Waals surface area contributed by atoms with Crippen molar-refractivity contribution in [2.45, 2.75) is 12.3 Å². The molecule has 1 aromatic heterocycles. The van der Waals surface area contributed by atoms with E-state index in [4.69, 9.17) is 11.6 Å². The van der Waals surface area contributed by atoms with Crippen molar-refractivity contribution < 1.29 is 0 Å². The smallest absolute Gasteiger partial charge is 0.0939 e. The molecule has 0 aliphatic rings.